The fourth-order valence-corrected chi connectivity index (χ4v) is 4.29. The maximum Gasteiger partial charge on any atom is 0.257 e. The highest BCUT2D eigenvalue weighted by Gasteiger charge is 2.27. The van der Waals surface area contributed by atoms with Gasteiger partial charge in [0.2, 0.25) is 5.91 Å². The molecule has 1 aromatic carbocycles. The predicted molar refractivity (Wildman–Crippen MR) is 105 cm³/mol. The second-order valence-electron chi connectivity index (χ2n) is 6.33. The van der Waals surface area contributed by atoms with Gasteiger partial charge in [-0.05, 0) is 24.5 Å². The smallest absolute Gasteiger partial charge is 0.257 e. The van der Waals surface area contributed by atoms with E-state index in [-0.39, 0.29) is 11.8 Å². The molecule has 0 spiro atoms. The van der Waals surface area contributed by atoms with Crippen LogP contribution in [0.5, 0.6) is 0 Å². The molecule has 0 saturated carbocycles. The Hall–Kier alpha value is -2.18. The molecule has 0 bridgehead atoms. The van der Waals surface area contributed by atoms with Crippen LogP contribution in [0.4, 0.5) is 5.00 Å². The number of anilines is 1. The first-order chi connectivity index (χ1) is 12.6. The van der Waals surface area contributed by atoms with Gasteiger partial charge in [-0.15, -0.1) is 11.3 Å². The quantitative estimate of drug-likeness (QED) is 0.865. The second kappa shape index (κ2) is 8.47. The average Bonchev–Trinajstić information content (AvgIpc) is 2.98. The van der Waals surface area contributed by atoms with Gasteiger partial charge in [-0.3, -0.25) is 9.59 Å². The highest BCUT2D eigenvalue weighted by molar-refractivity contribution is 7.20. The van der Waals surface area contributed by atoms with Gasteiger partial charge in [0.05, 0.1) is 18.8 Å². The van der Waals surface area contributed by atoms with Gasteiger partial charge in [0.25, 0.3) is 5.91 Å². The van der Waals surface area contributed by atoms with E-state index in [0.29, 0.717) is 43.3 Å². The molecule has 0 atom stereocenters. The zero-order valence-corrected chi connectivity index (χ0v) is 16.0. The number of hydrogen-bond acceptors (Lipinski definition) is 4. The molecule has 0 aliphatic carbocycles. The number of rotatable bonds is 5. The van der Waals surface area contributed by atoms with Crippen molar-refractivity contribution in [1.29, 1.82) is 0 Å². The monoisotopic (exact) mass is 372 g/mol. The van der Waals surface area contributed by atoms with Crippen LogP contribution in [0.25, 0.3) is 10.4 Å². The number of nitrogens with one attached hydrogen (secondary N) is 1. The summed E-state index contributed by atoms with van der Waals surface area (Å²) < 4.78 is 5.36. The summed E-state index contributed by atoms with van der Waals surface area (Å²) >= 11 is 1.48. The summed E-state index contributed by atoms with van der Waals surface area (Å²) in [5, 5.41) is 3.61. The summed E-state index contributed by atoms with van der Waals surface area (Å²) in [4.78, 5) is 28.2. The van der Waals surface area contributed by atoms with Gasteiger partial charge in [-0.1, -0.05) is 37.3 Å². The van der Waals surface area contributed by atoms with Gasteiger partial charge in [-0.2, -0.15) is 0 Å². The summed E-state index contributed by atoms with van der Waals surface area (Å²) in [5.74, 6) is -0.0829. The maximum atomic E-state index is 13.2. The molecule has 5 nitrogen and oxygen atoms in total. The highest BCUT2D eigenvalue weighted by Crippen LogP contribution is 2.40. The molecule has 3 rings (SSSR count). The van der Waals surface area contributed by atoms with Crippen molar-refractivity contribution in [2.24, 2.45) is 0 Å². The first kappa shape index (κ1) is 18.6. The molecule has 26 heavy (non-hydrogen) atoms. The first-order valence-corrected chi connectivity index (χ1v) is 9.79. The Morgan fingerprint density at radius 1 is 1.19 bits per heavy atom. The molecule has 138 valence electrons. The van der Waals surface area contributed by atoms with E-state index in [2.05, 4.69) is 5.32 Å². The third kappa shape index (κ3) is 3.97. The summed E-state index contributed by atoms with van der Waals surface area (Å²) in [6.45, 7) is 6.20. The SMILES string of the molecule is CCCC(=O)Nc1sc(-c2ccccc2)c(C)c1C(=O)N1CCOCC1. The summed E-state index contributed by atoms with van der Waals surface area (Å²) in [6.07, 6.45) is 1.22. The molecule has 6 heteroatoms. The zero-order chi connectivity index (χ0) is 18.5. The number of ether oxygens (including phenoxy) is 1. The molecular weight excluding hydrogens is 348 g/mol. The minimum absolute atomic E-state index is 0.0315. The molecule has 1 aromatic heterocycles. The van der Waals surface area contributed by atoms with Crippen molar-refractivity contribution in [1.82, 2.24) is 4.90 Å². The van der Waals surface area contributed by atoms with Crippen molar-refractivity contribution < 1.29 is 14.3 Å². The van der Waals surface area contributed by atoms with Gasteiger partial charge < -0.3 is 15.0 Å². The van der Waals surface area contributed by atoms with E-state index >= 15 is 0 Å². The lowest BCUT2D eigenvalue weighted by atomic mass is 10.1. The van der Waals surface area contributed by atoms with Gasteiger partial charge in [0.15, 0.2) is 0 Å². The molecule has 0 radical (unpaired) electrons. The minimum atomic E-state index is -0.0515. The van der Waals surface area contributed by atoms with Crippen molar-refractivity contribution in [3.05, 3.63) is 41.5 Å². The van der Waals surface area contributed by atoms with Crippen molar-refractivity contribution in [3.8, 4) is 10.4 Å². The minimum Gasteiger partial charge on any atom is -0.378 e. The number of amides is 2. The summed E-state index contributed by atoms with van der Waals surface area (Å²) in [5.41, 5.74) is 2.59. The second-order valence-corrected chi connectivity index (χ2v) is 7.35. The van der Waals surface area contributed by atoms with E-state index in [1.807, 2.05) is 49.1 Å². The Morgan fingerprint density at radius 3 is 2.54 bits per heavy atom. The lowest BCUT2D eigenvalue weighted by Crippen LogP contribution is -2.41. The van der Waals surface area contributed by atoms with Gasteiger partial charge >= 0.3 is 0 Å². The Morgan fingerprint density at radius 2 is 1.88 bits per heavy atom. The Kier molecular flexibility index (Phi) is 6.06. The number of carbonyl (C=O) groups is 2. The van der Waals surface area contributed by atoms with Gasteiger partial charge in [0.1, 0.15) is 5.00 Å². The van der Waals surface area contributed by atoms with E-state index in [1.54, 1.807) is 0 Å². The first-order valence-electron chi connectivity index (χ1n) is 8.97. The van der Waals surface area contributed by atoms with Crippen LogP contribution in [-0.4, -0.2) is 43.0 Å². The zero-order valence-electron chi connectivity index (χ0n) is 15.2. The molecule has 1 aliphatic rings. The molecule has 2 aromatic rings. The highest BCUT2D eigenvalue weighted by atomic mass is 32.1. The summed E-state index contributed by atoms with van der Waals surface area (Å²) in [6, 6.07) is 9.98. The number of nitrogens with zero attached hydrogens (tertiary/aromatic N) is 1. The molecule has 2 heterocycles. The third-order valence-corrected chi connectivity index (χ3v) is 5.68. The molecule has 1 saturated heterocycles. The Bertz CT molecular complexity index is 780. The van der Waals surface area contributed by atoms with E-state index < -0.39 is 0 Å². The largest absolute Gasteiger partial charge is 0.378 e. The Balaban J connectivity index is 2.00. The van der Waals surface area contributed by atoms with Crippen molar-refractivity contribution >= 4 is 28.2 Å². The number of morpholine rings is 1. The van der Waals surface area contributed by atoms with Crippen LogP contribution in [0.2, 0.25) is 0 Å². The van der Waals surface area contributed by atoms with E-state index in [1.165, 1.54) is 11.3 Å². The topological polar surface area (TPSA) is 58.6 Å². The maximum absolute atomic E-state index is 13.2. The lowest BCUT2D eigenvalue weighted by Gasteiger charge is -2.27. The van der Waals surface area contributed by atoms with Crippen molar-refractivity contribution in [2.45, 2.75) is 26.7 Å². The van der Waals surface area contributed by atoms with Crippen LogP contribution in [0.3, 0.4) is 0 Å². The fourth-order valence-electron chi connectivity index (χ4n) is 3.06. The van der Waals surface area contributed by atoms with Crippen molar-refractivity contribution in [2.75, 3.05) is 31.6 Å². The number of thiophene rings is 1. The van der Waals surface area contributed by atoms with E-state index in [9.17, 15) is 9.59 Å². The normalized spacial score (nSPS) is 14.3. The molecule has 1 fully saturated rings. The number of benzene rings is 1. The lowest BCUT2D eigenvalue weighted by molar-refractivity contribution is -0.116. The average molecular weight is 372 g/mol. The van der Waals surface area contributed by atoms with Crippen LogP contribution in [0.15, 0.2) is 30.3 Å². The van der Waals surface area contributed by atoms with Crippen molar-refractivity contribution in [3.63, 3.8) is 0 Å². The number of carbonyl (C=O) groups excluding carboxylic acids is 2. The fraction of sp³-hybridized carbons (Fsp3) is 0.400. The standard InChI is InChI=1S/C20H24N2O3S/c1-3-7-16(23)21-19-17(20(24)22-10-12-25-13-11-22)14(2)18(26-19)15-8-5-4-6-9-15/h4-6,8-9H,3,7,10-13H2,1-2H3,(H,21,23). The van der Waals surface area contributed by atoms with Crippen LogP contribution in [-0.2, 0) is 9.53 Å². The van der Waals surface area contributed by atoms with Gasteiger partial charge in [-0.25, -0.2) is 0 Å². The Labute approximate surface area is 158 Å². The summed E-state index contributed by atoms with van der Waals surface area (Å²) in [7, 11) is 0. The van der Waals surface area contributed by atoms with Crippen LogP contribution in [0, 0.1) is 6.92 Å². The molecule has 1 N–H and O–H groups in total. The van der Waals surface area contributed by atoms with E-state index in [0.717, 1.165) is 22.4 Å². The molecule has 0 unspecified atom stereocenters. The van der Waals surface area contributed by atoms with Crippen LogP contribution < -0.4 is 5.32 Å². The van der Waals surface area contributed by atoms with Gasteiger partial charge in [0, 0.05) is 24.4 Å². The van der Waals surface area contributed by atoms with Crippen LogP contribution in [0.1, 0.15) is 35.7 Å². The predicted octanol–water partition coefficient (Wildman–Crippen LogP) is 3.93. The molecule has 1 aliphatic heterocycles. The number of hydrogen-bond donors (Lipinski definition) is 1. The molecule has 2 amide bonds. The van der Waals surface area contributed by atoms with Crippen LogP contribution >= 0.6 is 11.3 Å². The molecular formula is C20H24N2O3S. The third-order valence-electron chi connectivity index (χ3n) is 4.42. The van der Waals surface area contributed by atoms with E-state index in [4.69, 9.17) is 4.74 Å².